The Hall–Kier alpha value is -1.16. The van der Waals surface area contributed by atoms with E-state index in [9.17, 15) is 4.79 Å². The van der Waals surface area contributed by atoms with Gasteiger partial charge in [0.1, 0.15) is 0 Å². The third-order valence-corrected chi connectivity index (χ3v) is 2.37. The number of hydrogen-bond donors (Lipinski definition) is 1. The molecular formula is C11H19N3O. The first kappa shape index (κ1) is 11.9. The first-order valence-corrected chi connectivity index (χ1v) is 5.11. The molecule has 84 valence electrons. The number of hydrogen-bond acceptors (Lipinski definition) is 3. The summed E-state index contributed by atoms with van der Waals surface area (Å²) < 4.78 is 1.36. The average Bonchev–Trinajstić information content (AvgIpc) is 2.06. The zero-order valence-electron chi connectivity index (χ0n) is 10.0. The van der Waals surface area contributed by atoms with Gasteiger partial charge in [-0.1, -0.05) is 13.8 Å². The van der Waals surface area contributed by atoms with Crippen molar-refractivity contribution >= 4 is 0 Å². The highest BCUT2D eigenvalue weighted by Crippen LogP contribution is 2.16. The minimum absolute atomic E-state index is 0.119. The van der Waals surface area contributed by atoms with Gasteiger partial charge in [-0.15, -0.1) is 0 Å². The zero-order valence-corrected chi connectivity index (χ0v) is 10.0. The highest BCUT2D eigenvalue weighted by Gasteiger charge is 2.21. The Bertz CT molecular complexity index is 413. The van der Waals surface area contributed by atoms with Crippen LogP contribution in [-0.4, -0.2) is 9.78 Å². The summed E-state index contributed by atoms with van der Waals surface area (Å²) in [4.78, 5) is 11.8. The minimum Gasteiger partial charge on any atom is -0.322 e. The topological polar surface area (TPSA) is 60.9 Å². The Morgan fingerprint density at radius 2 is 2.00 bits per heavy atom. The minimum atomic E-state index is -0.624. The molecule has 0 aliphatic rings. The van der Waals surface area contributed by atoms with Gasteiger partial charge in [0.25, 0.3) is 5.56 Å². The van der Waals surface area contributed by atoms with E-state index in [1.165, 1.54) is 4.68 Å². The Kier molecular flexibility index (Phi) is 3.00. The van der Waals surface area contributed by atoms with E-state index in [1.54, 1.807) is 7.05 Å². The van der Waals surface area contributed by atoms with E-state index >= 15 is 0 Å². The van der Waals surface area contributed by atoms with Crippen LogP contribution in [-0.2, 0) is 12.6 Å². The lowest BCUT2D eigenvalue weighted by molar-refractivity contribution is 0.522. The molecule has 0 atom stereocenters. The fourth-order valence-corrected chi connectivity index (χ4v) is 1.38. The molecule has 1 rings (SSSR count). The Morgan fingerprint density at radius 1 is 1.47 bits per heavy atom. The normalized spacial score (nSPS) is 12.2. The van der Waals surface area contributed by atoms with E-state index in [4.69, 9.17) is 5.73 Å². The molecule has 0 fully saturated rings. The number of nitrogens with zero attached hydrogens (tertiary/aromatic N) is 2. The van der Waals surface area contributed by atoms with Crippen molar-refractivity contribution in [3.8, 4) is 0 Å². The fourth-order valence-electron chi connectivity index (χ4n) is 1.38. The first-order chi connectivity index (χ1) is 6.73. The molecule has 4 heteroatoms. The smallest absolute Gasteiger partial charge is 0.271 e. The van der Waals surface area contributed by atoms with Crippen LogP contribution < -0.4 is 11.3 Å². The highest BCUT2D eigenvalue weighted by atomic mass is 16.1. The SMILES string of the molecule is CC(C)c1cc(C(C)(C)N)c(=O)n(C)n1. The third-order valence-electron chi connectivity index (χ3n) is 2.37. The van der Waals surface area contributed by atoms with E-state index in [0.717, 1.165) is 5.69 Å². The van der Waals surface area contributed by atoms with Crippen LogP contribution in [0.15, 0.2) is 10.9 Å². The zero-order chi connectivity index (χ0) is 11.8. The van der Waals surface area contributed by atoms with Gasteiger partial charge >= 0.3 is 0 Å². The number of nitrogens with two attached hydrogens (primary N) is 1. The van der Waals surface area contributed by atoms with Gasteiger partial charge in [0.2, 0.25) is 0 Å². The largest absolute Gasteiger partial charge is 0.322 e. The molecule has 0 radical (unpaired) electrons. The van der Waals surface area contributed by atoms with Crippen molar-refractivity contribution in [2.24, 2.45) is 12.8 Å². The average molecular weight is 209 g/mol. The summed E-state index contributed by atoms with van der Waals surface area (Å²) in [5, 5.41) is 4.20. The van der Waals surface area contributed by atoms with Crippen LogP contribution in [0.3, 0.4) is 0 Å². The molecule has 0 unspecified atom stereocenters. The maximum Gasteiger partial charge on any atom is 0.271 e. The molecule has 0 spiro atoms. The van der Waals surface area contributed by atoms with Crippen LogP contribution in [0.2, 0.25) is 0 Å². The maximum absolute atomic E-state index is 11.8. The molecule has 0 bridgehead atoms. The molecule has 1 aromatic rings. The summed E-state index contributed by atoms with van der Waals surface area (Å²) in [7, 11) is 1.66. The van der Waals surface area contributed by atoms with Crippen molar-refractivity contribution in [2.75, 3.05) is 0 Å². The van der Waals surface area contributed by atoms with E-state index in [1.807, 2.05) is 33.8 Å². The Balaban J connectivity index is 3.46. The van der Waals surface area contributed by atoms with Crippen molar-refractivity contribution in [2.45, 2.75) is 39.2 Å². The fraction of sp³-hybridized carbons (Fsp3) is 0.636. The van der Waals surface area contributed by atoms with Crippen LogP contribution in [0, 0.1) is 0 Å². The van der Waals surface area contributed by atoms with Crippen molar-refractivity contribution in [3.63, 3.8) is 0 Å². The summed E-state index contributed by atoms with van der Waals surface area (Å²) in [5.74, 6) is 0.290. The molecule has 15 heavy (non-hydrogen) atoms. The summed E-state index contributed by atoms with van der Waals surface area (Å²) in [6, 6.07) is 1.81. The second-order valence-electron chi connectivity index (χ2n) is 4.79. The molecule has 2 N–H and O–H groups in total. The van der Waals surface area contributed by atoms with Crippen LogP contribution >= 0.6 is 0 Å². The van der Waals surface area contributed by atoms with Gasteiger partial charge in [-0.2, -0.15) is 5.10 Å². The van der Waals surface area contributed by atoms with Crippen molar-refractivity contribution in [1.29, 1.82) is 0 Å². The maximum atomic E-state index is 11.8. The van der Waals surface area contributed by atoms with Gasteiger partial charge in [-0.25, -0.2) is 4.68 Å². The van der Waals surface area contributed by atoms with Crippen LogP contribution in [0.4, 0.5) is 0 Å². The molecule has 1 heterocycles. The summed E-state index contributed by atoms with van der Waals surface area (Å²) in [5.41, 5.74) is 6.72. The number of aromatic nitrogens is 2. The van der Waals surface area contributed by atoms with Gasteiger partial charge in [0, 0.05) is 18.2 Å². The lowest BCUT2D eigenvalue weighted by Gasteiger charge is -2.20. The highest BCUT2D eigenvalue weighted by molar-refractivity contribution is 5.22. The van der Waals surface area contributed by atoms with Crippen LogP contribution in [0.5, 0.6) is 0 Å². The molecule has 0 aliphatic heterocycles. The third kappa shape index (κ3) is 2.45. The molecule has 0 saturated heterocycles. The Morgan fingerprint density at radius 3 is 2.40 bits per heavy atom. The number of aryl methyl sites for hydroxylation is 1. The lowest BCUT2D eigenvalue weighted by atomic mass is 9.95. The predicted octanol–water partition coefficient (Wildman–Crippen LogP) is 1.10. The summed E-state index contributed by atoms with van der Waals surface area (Å²) >= 11 is 0. The van der Waals surface area contributed by atoms with E-state index in [0.29, 0.717) is 5.56 Å². The van der Waals surface area contributed by atoms with Gasteiger partial charge in [-0.3, -0.25) is 4.79 Å². The van der Waals surface area contributed by atoms with Crippen molar-refractivity contribution in [1.82, 2.24) is 9.78 Å². The van der Waals surface area contributed by atoms with E-state index in [-0.39, 0.29) is 11.5 Å². The van der Waals surface area contributed by atoms with Crippen molar-refractivity contribution < 1.29 is 0 Å². The molecule has 0 aliphatic carbocycles. The first-order valence-electron chi connectivity index (χ1n) is 5.11. The van der Waals surface area contributed by atoms with Gasteiger partial charge in [0.05, 0.1) is 5.69 Å². The van der Waals surface area contributed by atoms with Crippen molar-refractivity contribution in [3.05, 3.63) is 27.7 Å². The second-order valence-corrected chi connectivity index (χ2v) is 4.79. The molecule has 4 nitrogen and oxygen atoms in total. The van der Waals surface area contributed by atoms with E-state index < -0.39 is 5.54 Å². The molecule has 1 aromatic heterocycles. The lowest BCUT2D eigenvalue weighted by Crippen LogP contribution is -2.38. The van der Waals surface area contributed by atoms with Gasteiger partial charge in [0.15, 0.2) is 0 Å². The molecular weight excluding hydrogens is 190 g/mol. The van der Waals surface area contributed by atoms with Gasteiger partial charge < -0.3 is 5.73 Å². The molecule has 0 amide bonds. The van der Waals surface area contributed by atoms with E-state index in [2.05, 4.69) is 5.10 Å². The van der Waals surface area contributed by atoms with Gasteiger partial charge in [-0.05, 0) is 25.8 Å². The summed E-state index contributed by atoms with van der Waals surface area (Å²) in [6.45, 7) is 7.74. The van der Waals surface area contributed by atoms with Crippen LogP contribution in [0.25, 0.3) is 0 Å². The summed E-state index contributed by atoms with van der Waals surface area (Å²) in [6.07, 6.45) is 0. The molecule has 0 saturated carbocycles. The number of rotatable bonds is 2. The monoisotopic (exact) mass is 209 g/mol. The standard InChI is InChI=1S/C11H19N3O/c1-7(2)9-6-8(11(3,4)12)10(15)14(5)13-9/h6-7H,12H2,1-5H3. The Labute approximate surface area is 90.1 Å². The van der Waals surface area contributed by atoms with Crippen LogP contribution in [0.1, 0.15) is 44.9 Å². The second kappa shape index (κ2) is 3.77. The quantitative estimate of drug-likeness (QED) is 0.793. The predicted molar refractivity (Wildman–Crippen MR) is 60.8 cm³/mol. The molecule has 0 aromatic carbocycles.